The van der Waals surface area contributed by atoms with Crippen LogP contribution in [0.15, 0.2) is 41.2 Å². The molecule has 0 N–H and O–H groups in total. The fourth-order valence-electron chi connectivity index (χ4n) is 3.86. The average molecular weight is 378 g/mol. The van der Waals surface area contributed by atoms with Crippen LogP contribution in [0, 0.1) is 0 Å². The minimum atomic E-state index is -1.29. The Kier molecular flexibility index (Phi) is 4.31. The largest absolute Gasteiger partial charge is 0.458 e. The van der Waals surface area contributed by atoms with E-state index in [-0.39, 0.29) is 12.2 Å². The first-order chi connectivity index (χ1) is 13.5. The number of ether oxygens (including phenoxy) is 2. The standard InChI is InChI=1S/C20H16N2O4.C2H6/c1-20(25-2)14-8-16-17-12(7-11-5-3-4-6-15(11)21-17)9-22(16)18(23)13(14)10-26-19(20)24;1-2/h3-8H,9-10H2,1-2H3;1-2H3/t20-;/m0./s1. The van der Waals surface area contributed by atoms with E-state index >= 15 is 0 Å². The van der Waals surface area contributed by atoms with Crippen LogP contribution in [0.25, 0.3) is 22.3 Å². The zero-order valence-corrected chi connectivity index (χ0v) is 16.4. The lowest BCUT2D eigenvalue weighted by molar-refractivity contribution is -0.173. The van der Waals surface area contributed by atoms with Gasteiger partial charge in [-0.25, -0.2) is 9.78 Å². The maximum Gasteiger partial charge on any atom is 0.343 e. The summed E-state index contributed by atoms with van der Waals surface area (Å²) in [5.41, 5.74) is 2.95. The lowest BCUT2D eigenvalue weighted by atomic mass is 9.89. The van der Waals surface area contributed by atoms with E-state index in [0.29, 0.717) is 23.4 Å². The molecule has 0 saturated heterocycles. The minimum Gasteiger partial charge on any atom is -0.458 e. The number of carbonyl (C=O) groups excluding carboxylic acids is 1. The smallest absolute Gasteiger partial charge is 0.343 e. The van der Waals surface area contributed by atoms with Gasteiger partial charge in [-0.15, -0.1) is 0 Å². The van der Waals surface area contributed by atoms with E-state index in [9.17, 15) is 9.59 Å². The normalized spacial score (nSPS) is 19.2. The van der Waals surface area contributed by atoms with E-state index in [1.807, 2.05) is 44.2 Å². The number of rotatable bonds is 1. The Hall–Kier alpha value is -2.99. The molecule has 0 spiro atoms. The maximum absolute atomic E-state index is 13.1. The SMILES string of the molecule is CC.CO[C@]1(C)C(=O)OCc2c1cc1n(c2=O)Cc2cc3ccccc3nc2-1. The molecule has 6 nitrogen and oxygen atoms in total. The van der Waals surface area contributed by atoms with Crippen molar-refractivity contribution in [3.63, 3.8) is 0 Å². The van der Waals surface area contributed by atoms with Crippen molar-refractivity contribution in [1.82, 2.24) is 9.55 Å². The van der Waals surface area contributed by atoms with Crippen molar-refractivity contribution < 1.29 is 14.3 Å². The fourth-order valence-corrected chi connectivity index (χ4v) is 3.86. The molecule has 0 aliphatic carbocycles. The molecule has 3 aromatic rings. The number of hydrogen-bond donors (Lipinski definition) is 0. The topological polar surface area (TPSA) is 70.4 Å². The van der Waals surface area contributed by atoms with Gasteiger partial charge in [0.25, 0.3) is 5.56 Å². The number of para-hydroxylation sites is 1. The van der Waals surface area contributed by atoms with Crippen LogP contribution in [0.2, 0.25) is 0 Å². The van der Waals surface area contributed by atoms with Gasteiger partial charge in [0.15, 0.2) is 5.60 Å². The lowest BCUT2D eigenvalue weighted by Gasteiger charge is -2.32. The minimum absolute atomic E-state index is 0.0298. The van der Waals surface area contributed by atoms with E-state index in [0.717, 1.165) is 22.2 Å². The van der Waals surface area contributed by atoms with E-state index in [1.165, 1.54) is 7.11 Å². The third-order valence-corrected chi connectivity index (χ3v) is 5.43. The van der Waals surface area contributed by atoms with Crippen molar-refractivity contribution in [2.75, 3.05) is 7.11 Å². The highest BCUT2D eigenvalue weighted by Crippen LogP contribution is 2.38. The molecule has 28 heavy (non-hydrogen) atoms. The molecule has 2 aromatic heterocycles. The van der Waals surface area contributed by atoms with E-state index in [2.05, 4.69) is 6.07 Å². The molecule has 4 heterocycles. The highest BCUT2D eigenvalue weighted by molar-refractivity contribution is 5.86. The number of cyclic esters (lactones) is 1. The van der Waals surface area contributed by atoms with E-state index < -0.39 is 11.6 Å². The predicted octanol–water partition coefficient (Wildman–Crippen LogP) is 3.37. The van der Waals surface area contributed by atoms with Gasteiger partial charge in [0.05, 0.1) is 29.0 Å². The molecule has 0 unspecified atom stereocenters. The number of fused-ring (bicyclic) bond motifs is 5. The van der Waals surface area contributed by atoms with Crippen molar-refractivity contribution in [3.05, 3.63) is 63.4 Å². The van der Waals surface area contributed by atoms with Crippen LogP contribution in [-0.2, 0) is 33.0 Å². The molecule has 1 aromatic carbocycles. The molecule has 0 radical (unpaired) electrons. The molecule has 0 saturated carbocycles. The van der Waals surface area contributed by atoms with Crippen LogP contribution < -0.4 is 5.56 Å². The molecule has 1 atom stereocenters. The second-order valence-electron chi connectivity index (χ2n) is 6.82. The summed E-state index contributed by atoms with van der Waals surface area (Å²) >= 11 is 0. The molecular formula is C22H22N2O4. The zero-order valence-electron chi connectivity index (χ0n) is 16.4. The van der Waals surface area contributed by atoms with Gasteiger partial charge in [0.1, 0.15) is 6.61 Å². The number of nitrogens with zero attached hydrogens (tertiary/aromatic N) is 2. The summed E-state index contributed by atoms with van der Waals surface area (Å²) in [6.45, 7) is 6.07. The Bertz CT molecular complexity index is 1170. The van der Waals surface area contributed by atoms with Gasteiger partial charge in [0.2, 0.25) is 0 Å². The lowest BCUT2D eigenvalue weighted by Crippen LogP contribution is -2.44. The van der Waals surface area contributed by atoms with Crippen molar-refractivity contribution in [2.45, 2.75) is 39.5 Å². The molecule has 144 valence electrons. The Morgan fingerprint density at radius 1 is 1.18 bits per heavy atom. The van der Waals surface area contributed by atoms with Gasteiger partial charge < -0.3 is 14.0 Å². The molecule has 2 aliphatic rings. The van der Waals surface area contributed by atoms with Gasteiger partial charge in [0, 0.05) is 23.6 Å². The summed E-state index contributed by atoms with van der Waals surface area (Å²) in [4.78, 5) is 30.1. The highest BCUT2D eigenvalue weighted by Gasteiger charge is 2.44. The number of aromatic nitrogens is 2. The van der Waals surface area contributed by atoms with Gasteiger partial charge in [-0.2, -0.15) is 0 Å². The Labute approximate surface area is 162 Å². The van der Waals surface area contributed by atoms with Crippen molar-refractivity contribution in [1.29, 1.82) is 0 Å². The monoisotopic (exact) mass is 378 g/mol. The van der Waals surface area contributed by atoms with Crippen LogP contribution >= 0.6 is 0 Å². The van der Waals surface area contributed by atoms with E-state index in [1.54, 1.807) is 11.5 Å². The van der Waals surface area contributed by atoms with Gasteiger partial charge in [-0.05, 0) is 25.1 Å². The molecule has 0 amide bonds. The Morgan fingerprint density at radius 2 is 1.93 bits per heavy atom. The molecule has 0 fully saturated rings. The third kappa shape index (κ3) is 2.41. The van der Waals surface area contributed by atoms with Gasteiger partial charge in [-0.1, -0.05) is 32.0 Å². The average Bonchev–Trinajstić information content (AvgIpc) is 3.09. The summed E-state index contributed by atoms with van der Waals surface area (Å²) in [7, 11) is 1.45. The number of pyridine rings is 2. The first-order valence-corrected chi connectivity index (χ1v) is 9.41. The zero-order chi connectivity index (χ0) is 20.1. The molecule has 2 aliphatic heterocycles. The van der Waals surface area contributed by atoms with Gasteiger partial charge in [-0.3, -0.25) is 4.79 Å². The summed E-state index contributed by atoms with van der Waals surface area (Å²) in [6, 6.07) is 11.8. The van der Waals surface area contributed by atoms with Crippen LogP contribution in [0.3, 0.4) is 0 Å². The van der Waals surface area contributed by atoms with Crippen LogP contribution in [0.1, 0.15) is 37.5 Å². The van der Waals surface area contributed by atoms with Crippen LogP contribution in [0.5, 0.6) is 0 Å². The Morgan fingerprint density at radius 3 is 2.68 bits per heavy atom. The quantitative estimate of drug-likeness (QED) is 0.475. The van der Waals surface area contributed by atoms with E-state index in [4.69, 9.17) is 14.5 Å². The first-order valence-electron chi connectivity index (χ1n) is 9.41. The fraction of sp³-hybridized carbons (Fsp3) is 0.318. The van der Waals surface area contributed by atoms with Crippen molar-refractivity contribution in [2.24, 2.45) is 0 Å². The summed E-state index contributed by atoms with van der Waals surface area (Å²) < 4.78 is 12.3. The Balaban J connectivity index is 0.000000932. The molecule has 5 rings (SSSR count). The summed E-state index contributed by atoms with van der Waals surface area (Å²) in [6.07, 6.45) is 0. The molecule has 6 heteroatoms. The summed E-state index contributed by atoms with van der Waals surface area (Å²) in [5.74, 6) is -0.485. The maximum atomic E-state index is 13.1. The highest BCUT2D eigenvalue weighted by atomic mass is 16.6. The molecular weight excluding hydrogens is 356 g/mol. The van der Waals surface area contributed by atoms with Crippen LogP contribution in [0.4, 0.5) is 0 Å². The van der Waals surface area contributed by atoms with Crippen molar-refractivity contribution >= 4 is 16.9 Å². The van der Waals surface area contributed by atoms with Crippen molar-refractivity contribution in [3.8, 4) is 11.4 Å². The summed E-state index contributed by atoms with van der Waals surface area (Å²) in [5, 5.41) is 1.04. The number of hydrogen-bond acceptors (Lipinski definition) is 5. The molecule has 0 bridgehead atoms. The second kappa shape index (κ2) is 6.56. The van der Waals surface area contributed by atoms with Gasteiger partial charge >= 0.3 is 5.97 Å². The van der Waals surface area contributed by atoms with Crippen LogP contribution in [-0.4, -0.2) is 22.6 Å². The number of benzene rings is 1. The number of esters is 1. The third-order valence-electron chi connectivity index (χ3n) is 5.43. The number of carbonyl (C=O) groups is 1. The number of methoxy groups -OCH3 is 1. The predicted molar refractivity (Wildman–Crippen MR) is 106 cm³/mol. The second-order valence-corrected chi connectivity index (χ2v) is 6.82. The first kappa shape index (κ1) is 18.4.